The molecule has 37 heavy (non-hydrogen) atoms. The molecule has 0 radical (unpaired) electrons. The molecule has 188 valence electrons. The third kappa shape index (κ3) is 5.34. The Bertz CT molecular complexity index is 1570. The van der Waals surface area contributed by atoms with Gasteiger partial charge in [-0.25, -0.2) is 9.97 Å². The van der Waals surface area contributed by atoms with E-state index in [4.69, 9.17) is 16.6 Å². The van der Waals surface area contributed by atoms with Gasteiger partial charge in [0.2, 0.25) is 5.78 Å². The third-order valence-electron chi connectivity index (χ3n) is 6.26. The van der Waals surface area contributed by atoms with Crippen LogP contribution in [0.1, 0.15) is 42.4 Å². The number of aromatic nitrogens is 5. The monoisotopic (exact) mass is 514 g/mol. The Morgan fingerprint density at radius 1 is 1.05 bits per heavy atom. The highest BCUT2D eigenvalue weighted by Gasteiger charge is 2.16. The Morgan fingerprint density at radius 2 is 1.81 bits per heavy atom. The molecule has 3 aromatic heterocycles. The van der Waals surface area contributed by atoms with Gasteiger partial charge in [-0.2, -0.15) is 0 Å². The van der Waals surface area contributed by atoms with Crippen LogP contribution in [-0.4, -0.2) is 29.8 Å². The Morgan fingerprint density at radius 3 is 2.51 bits per heavy atom. The first-order valence-electron chi connectivity index (χ1n) is 12.3. The zero-order valence-electron chi connectivity index (χ0n) is 20.4. The minimum atomic E-state index is -0.195. The maximum Gasteiger partial charge on any atom is 0.259 e. The van der Waals surface area contributed by atoms with E-state index in [1.807, 2.05) is 36.4 Å². The van der Waals surface area contributed by atoms with Gasteiger partial charge >= 0.3 is 0 Å². The molecule has 1 amide bonds. The number of hydrogen-bond acceptors (Lipinski definition) is 4. The number of benzene rings is 2. The summed E-state index contributed by atoms with van der Waals surface area (Å²) < 4.78 is 3.68. The largest absolute Gasteiger partial charge is 0.347 e. The van der Waals surface area contributed by atoms with Crippen molar-refractivity contribution in [1.82, 2.24) is 29.2 Å². The van der Waals surface area contributed by atoms with Crippen LogP contribution >= 0.6 is 11.6 Å². The lowest BCUT2D eigenvalue weighted by molar-refractivity contribution is 0.0950. The predicted octanol–water partition coefficient (Wildman–Crippen LogP) is 5.33. The number of fused-ring (bicyclic) bond motifs is 1. The summed E-state index contributed by atoms with van der Waals surface area (Å²) in [6.07, 6.45) is 8.23. The molecule has 5 rings (SSSR count). The number of imidazole rings is 2. The van der Waals surface area contributed by atoms with Crippen LogP contribution in [0.3, 0.4) is 0 Å². The lowest BCUT2D eigenvalue weighted by Gasteiger charge is -2.15. The van der Waals surface area contributed by atoms with E-state index in [0.29, 0.717) is 34.4 Å². The molecule has 2 N–H and O–H groups in total. The fourth-order valence-corrected chi connectivity index (χ4v) is 4.41. The van der Waals surface area contributed by atoms with Crippen LogP contribution in [0.15, 0.2) is 78.0 Å². The van der Waals surface area contributed by atoms with Gasteiger partial charge in [-0.15, -0.1) is 0 Å². The maximum absolute atomic E-state index is 13.1. The summed E-state index contributed by atoms with van der Waals surface area (Å²) in [5, 5.41) is 3.50. The summed E-state index contributed by atoms with van der Waals surface area (Å²) in [6.45, 7) is 3.19. The third-order valence-corrected chi connectivity index (χ3v) is 6.51. The van der Waals surface area contributed by atoms with E-state index in [0.717, 1.165) is 42.6 Å². The molecule has 2 aromatic carbocycles. The Hall–Kier alpha value is -4.17. The second-order valence-corrected chi connectivity index (χ2v) is 9.26. The number of carbonyl (C=O) groups excluding carboxylic acids is 1. The molecule has 0 saturated carbocycles. The second-order valence-electron chi connectivity index (χ2n) is 8.83. The number of hydrogen-bond donors (Lipinski definition) is 2. The van der Waals surface area contributed by atoms with Crippen molar-refractivity contribution in [2.45, 2.75) is 39.3 Å². The molecule has 0 aliphatic carbocycles. The molecule has 0 aliphatic rings. The van der Waals surface area contributed by atoms with Crippen molar-refractivity contribution in [3.63, 3.8) is 0 Å². The van der Waals surface area contributed by atoms with Gasteiger partial charge in [-0.3, -0.25) is 14.0 Å². The van der Waals surface area contributed by atoms with Gasteiger partial charge in [-0.05, 0) is 36.2 Å². The van der Waals surface area contributed by atoms with Gasteiger partial charge < -0.3 is 14.9 Å². The fraction of sp³-hybridized carbons (Fsp3) is 0.214. The Labute approximate surface area is 219 Å². The van der Waals surface area contributed by atoms with Gasteiger partial charge in [0.1, 0.15) is 5.82 Å². The molecule has 0 saturated heterocycles. The number of unbranched alkanes of at least 4 members (excludes halogenated alkanes) is 2. The normalized spacial score (nSPS) is 11.2. The zero-order chi connectivity index (χ0) is 25.8. The van der Waals surface area contributed by atoms with E-state index < -0.39 is 0 Å². The second kappa shape index (κ2) is 10.8. The number of halogens is 1. The fourth-order valence-electron chi connectivity index (χ4n) is 4.29. The van der Waals surface area contributed by atoms with Crippen LogP contribution in [0.5, 0.6) is 0 Å². The first kappa shape index (κ1) is 24.5. The summed E-state index contributed by atoms with van der Waals surface area (Å²) in [4.78, 5) is 37.7. The van der Waals surface area contributed by atoms with Crippen LogP contribution in [0.25, 0.3) is 28.3 Å². The van der Waals surface area contributed by atoms with E-state index in [-0.39, 0.29) is 11.5 Å². The highest BCUT2D eigenvalue weighted by molar-refractivity contribution is 6.30. The van der Waals surface area contributed by atoms with Crippen LogP contribution in [0.4, 0.5) is 0 Å². The number of H-pyrrole nitrogens is 1. The number of nitrogens with one attached hydrogen (secondary N) is 2. The summed E-state index contributed by atoms with van der Waals surface area (Å²) in [5.74, 6) is 1.08. The SMILES string of the molecule is CCCCCn1c(-c2ccc(C(=O)NCc3ncc[nH]3)cc2)cc(=O)n2cc(-c3ccc(Cl)cc3)nc12. The highest BCUT2D eigenvalue weighted by atomic mass is 35.5. The zero-order valence-corrected chi connectivity index (χ0v) is 21.2. The minimum Gasteiger partial charge on any atom is -0.347 e. The van der Waals surface area contributed by atoms with E-state index in [1.54, 1.807) is 41.2 Å². The van der Waals surface area contributed by atoms with Crippen molar-refractivity contribution in [3.8, 4) is 22.5 Å². The number of rotatable bonds is 9. The standard InChI is InChI=1S/C28H27ClN6O2/c1-2-3-4-15-34-24(20-5-7-21(8-6-20)27(37)32-17-25-30-13-14-31-25)16-26(36)35-18-23(33-28(34)35)19-9-11-22(29)12-10-19/h5-14,16,18H,2-4,15,17H2,1H3,(H,30,31)(H,32,37). The van der Waals surface area contributed by atoms with Crippen molar-refractivity contribution < 1.29 is 4.79 Å². The predicted molar refractivity (Wildman–Crippen MR) is 145 cm³/mol. The van der Waals surface area contributed by atoms with Gasteiger partial charge in [-0.1, -0.05) is 55.6 Å². The molecule has 3 heterocycles. The Kier molecular flexibility index (Phi) is 7.18. The minimum absolute atomic E-state index is 0.162. The van der Waals surface area contributed by atoms with Crippen LogP contribution < -0.4 is 10.9 Å². The smallest absolute Gasteiger partial charge is 0.259 e. The first-order valence-corrected chi connectivity index (χ1v) is 12.7. The van der Waals surface area contributed by atoms with E-state index in [9.17, 15) is 9.59 Å². The van der Waals surface area contributed by atoms with Crippen LogP contribution in [0, 0.1) is 0 Å². The molecule has 5 aromatic rings. The molecular weight excluding hydrogens is 488 g/mol. The molecular formula is C28H27ClN6O2. The average Bonchev–Trinajstić information content (AvgIpc) is 3.60. The molecule has 0 bridgehead atoms. The Balaban J connectivity index is 1.50. The summed E-state index contributed by atoms with van der Waals surface area (Å²) in [6, 6.07) is 16.3. The van der Waals surface area contributed by atoms with Crippen molar-refractivity contribution in [2.75, 3.05) is 0 Å². The average molecular weight is 515 g/mol. The quantitative estimate of drug-likeness (QED) is 0.260. The molecule has 0 unspecified atom stereocenters. The van der Waals surface area contributed by atoms with Gasteiger partial charge in [0.15, 0.2) is 0 Å². The number of amides is 1. The number of nitrogens with zero attached hydrogens (tertiary/aromatic N) is 4. The lowest BCUT2D eigenvalue weighted by atomic mass is 10.1. The van der Waals surface area contributed by atoms with Crippen molar-refractivity contribution >= 4 is 23.3 Å². The molecule has 0 fully saturated rings. The number of carbonyl (C=O) groups is 1. The summed E-state index contributed by atoms with van der Waals surface area (Å²) >= 11 is 6.05. The molecule has 0 atom stereocenters. The van der Waals surface area contributed by atoms with Crippen molar-refractivity contribution in [1.29, 1.82) is 0 Å². The van der Waals surface area contributed by atoms with Gasteiger partial charge in [0.05, 0.1) is 17.9 Å². The van der Waals surface area contributed by atoms with Crippen LogP contribution in [0.2, 0.25) is 5.02 Å². The van der Waals surface area contributed by atoms with E-state index in [2.05, 4.69) is 26.8 Å². The highest BCUT2D eigenvalue weighted by Crippen LogP contribution is 2.25. The van der Waals surface area contributed by atoms with Crippen LogP contribution in [-0.2, 0) is 13.1 Å². The lowest BCUT2D eigenvalue weighted by Crippen LogP contribution is -2.23. The first-order chi connectivity index (χ1) is 18.0. The summed E-state index contributed by atoms with van der Waals surface area (Å²) in [7, 11) is 0. The van der Waals surface area contributed by atoms with Crippen molar-refractivity contribution in [3.05, 3.63) is 100.0 Å². The molecule has 9 heteroatoms. The summed E-state index contributed by atoms with van der Waals surface area (Å²) in [5.41, 5.74) is 3.57. The van der Waals surface area contributed by atoms with Gasteiger partial charge in [0, 0.05) is 47.4 Å². The topological polar surface area (TPSA) is 97.1 Å². The molecule has 8 nitrogen and oxygen atoms in total. The van der Waals surface area contributed by atoms with Gasteiger partial charge in [0.25, 0.3) is 11.5 Å². The molecule has 0 aliphatic heterocycles. The maximum atomic E-state index is 13.1. The number of aryl methyl sites for hydroxylation is 1. The van der Waals surface area contributed by atoms with E-state index >= 15 is 0 Å². The van der Waals surface area contributed by atoms with E-state index in [1.165, 1.54) is 0 Å². The molecule has 0 spiro atoms. The van der Waals surface area contributed by atoms with Crippen molar-refractivity contribution in [2.24, 2.45) is 0 Å². The number of aromatic amines is 1.